The van der Waals surface area contributed by atoms with Gasteiger partial charge in [-0.3, -0.25) is 4.90 Å². The van der Waals surface area contributed by atoms with Crippen molar-refractivity contribution in [3.63, 3.8) is 0 Å². The molecule has 0 atom stereocenters. The molecule has 118 valence electrons. The van der Waals surface area contributed by atoms with Crippen LogP contribution in [0.5, 0.6) is 5.75 Å². The molecule has 0 saturated heterocycles. The van der Waals surface area contributed by atoms with E-state index in [1.807, 2.05) is 11.9 Å². The highest BCUT2D eigenvalue weighted by atomic mass is 35.5. The van der Waals surface area contributed by atoms with Crippen LogP contribution in [0.1, 0.15) is 11.1 Å². The number of hydrogen-bond donors (Lipinski definition) is 0. The topological polar surface area (TPSA) is 12.5 Å². The predicted octanol–water partition coefficient (Wildman–Crippen LogP) is 4.71. The SMILES string of the molecule is CN(Cc1ccc(OC(F)F)cc1)Cc1ccc(F)cc1Cl. The molecule has 0 N–H and O–H groups in total. The fraction of sp³-hybridized carbons (Fsp3) is 0.250. The molecule has 0 aliphatic heterocycles. The van der Waals surface area contributed by atoms with Gasteiger partial charge < -0.3 is 4.74 Å². The quantitative estimate of drug-likeness (QED) is 0.761. The van der Waals surface area contributed by atoms with Crippen molar-refractivity contribution in [1.29, 1.82) is 0 Å². The minimum atomic E-state index is -2.82. The van der Waals surface area contributed by atoms with Gasteiger partial charge >= 0.3 is 6.61 Å². The molecule has 0 aromatic heterocycles. The second kappa shape index (κ2) is 7.51. The third kappa shape index (κ3) is 4.93. The van der Waals surface area contributed by atoms with E-state index in [9.17, 15) is 13.2 Å². The van der Waals surface area contributed by atoms with E-state index in [1.54, 1.807) is 18.2 Å². The van der Waals surface area contributed by atoms with Crippen molar-refractivity contribution in [2.24, 2.45) is 0 Å². The first kappa shape index (κ1) is 16.6. The summed E-state index contributed by atoms with van der Waals surface area (Å²) >= 11 is 5.99. The van der Waals surface area contributed by atoms with E-state index in [2.05, 4.69) is 4.74 Å². The fourth-order valence-corrected chi connectivity index (χ4v) is 2.31. The van der Waals surface area contributed by atoms with Gasteiger partial charge in [0.15, 0.2) is 0 Å². The first-order valence-corrected chi connectivity index (χ1v) is 6.98. The number of hydrogen-bond acceptors (Lipinski definition) is 2. The summed E-state index contributed by atoms with van der Waals surface area (Å²) in [4.78, 5) is 1.99. The first-order chi connectivity index (χ1) is 10.4. The molecule has 0 bridgehead atoms. The van der Waals surface area contributed by atoms with Crippen LogP contribution in [0.25, 0.3) is 0 Å². The van der Waals surface area contributed by atoms with Gasteiger partial charge in [-0.05, 0) is 42.4 Å². The Bertz CT molecular complexity index is 619. The number of halogens is 4. The lowest BCUT2D eigenvalue weighted by molar-refractivity contribution is -0.0498. The number of alkyl halides is 2. The van der Waals surface area contributed by atoms with Gasteiger partial charge in [0.1, 0.15) is 11.6 Å². The van der Waals surface area contributed by atoms with Crippen LogP contribution in [0.3, 0.4) is 0 Å². The number of benzene rings is 2. The summed E-state index contributed by atoms with van der Waals surface area (Å²) in [5.41, 5.74) is 1.77. The van der Waals surface area contributed by atoms with Gasteiger partial charge in [-0.2, -0.15) is 8.78 Å². The fourth-order valence-electron chi connectivity index (χ4n) is 2.08. The van der Waals surface area contributed by atoms with E-state index in [1.165, 1.54) is 24.3 Å². The molecule has 0 heterocycles. The molecule has 0 unspecified atom stereocenters. The Morgan fingerprint density at radius 3 is 2.36 bits per heavy atom. The minimum Gasteiger partial charge on any atom is -0.435 e. The zero-order valence-corrected chi connectivity index (χ0v) is 12.7. The Balaban J connectivity index is 1.95. The average molecular weight is 330 g/mol. The third-order valence-corrected chi connectivity index (χ3v) is 3.41. The molecule has 0 amide bonds. The standard InChI is InChI=1S/C16H15ClF3NO/c1-21(10-12-4-5-13(18)8-15(12)17)9-11-2-6-14(7-3-11)22-16(19)20/h2-8,16H,9-10H2,1H3. The van der Waals surface area contributed by atoms with Gasteiger partial charge in [0.25, 0.3) is 0 Å². The molecule has 2 aromatic carbocycles. The molecule has 6 heteroatoms. The summed E-state index contributed by atoms with van der Waals surface area (Å²) in [6.45, 7) is -1.68. The van der Waals surface area contributed by atoms with E-state index in [4.69, 9.17) is 11.6 Å². The van der Waals surface area contributed by atoms with Crippen molar-refractivity contribution >= 4 is 11.6 Å². The summed E-state index contributed by atoms with van der Waals surface area (Å²) in [6.07, 6.45) is 0. The molecule has 2 nitrogen and oxygen atoms in total. The largest absolute Gasteiger partial charge is 0.435 e. The lowest BCUT2D eigenvalue weighted by Gasteiger charge is -2.18. The predicted molar refractivity (Wildman–Crippen MR) is 79.7 cm³/mol. The summed E-state index contributed by atoms with van der Waals surface area (Å²) in [5.74, 6) is -0.242. The van der Waals surface area contributed by atoms with Crippen molar-refractivity contribution < 1.29 is 17.9 Å². The lowest BCUT2D eigenvalue weighted by atomic mass is 10.1. The summed E-state index contributed by atoms with van der Waals surface area (Å²) in [5, 5.41) is 0.382. The summed E-state index contributed by atoms with van der Waals surface area (Å²) in [6, 6.07) is 10.7. The number of ether oxygens (including phenoxy) is 1. The highest BCUT2D eigenvalue weighted by Gasteiger charge is 2.08. The van der Waals surface area contributed by atoms with E-state index < -0.39 is 6.61 Å². The molecule has 0 fully saturated rings. The average Bonchev–Trinajstić information content (AvgIpc) is 2.43. The zero-order valence-electron chi connectivity index (χ0n) is 11.9. The summed E-state index contributed by atoms with van der Waals surface area (Å²) in [7, 11) is 1.89. The van der Waals surface area contributed by atoms with Crippen molar-refractivity contribution in [1.82, 2.24) is 4.90 Å². The maximum absolute atomic E-state index is 13.0. The highest BCUT2D eigenvalue weighted by molar-refractivity contribution is 6.31. The van der Waals surface area contributed by atoms with Crippen LogP contribution in [-0.4, -0.2) is 18.6 Å². The van der Waals surface area contributed by atoms with Crippen LogP contribution in [0, 0.1) is 5.82 Å². The smallest absolute Gasteiger partial charge is 0.387 e. The highest BCUT2D eigenvalue weighted by Crippen LogP contribution is 2.20. The monoisotopic (exact) mass is 329 g/mol. The second-order valence-corrected chi connectivity index (χ2v) is 5.34. The molecule has 2 rings (SSSR count). The molecule has 22 heavy (non-hydrogen) atoms. The molecular weight excluding hydrogens is 315 g/mol. The van der Waals surface area contributed by atoms with Crippen molar-refractivity contribution in [3.05, 3.63) is 64.4 Å². The van der Waals surface area contributed by atoms with Crippen LogP contribution in [0.15, 0.2) is 42.5 Å². The maximum atomic E-state index is 13.0. The summed E-state index contributed by atoms with van der Waals surface area (Å²) < 4.78 is 41.4. The van der Waals surface area contributed by atoms with Crippen LogP contribution < -0.4 is 4.74 Å². The molecule has 0 aliphatic carbocycles. The Labute approximate surface area is 132 Å². The van der Waals surface area contributed by atoms with Crippen molar-refractivity contribution in [2.75, 3.05) is 7.05 Å². The number of nitrogens with zero attached hydrogens (tertiary/aromatic N) is 1. The molecule has 2 aromatic rings. The number of rotatable bonds is 6. The van der Waals surface area contributed by atoms with Gasteiger partial charge in [0.2, 0.25) is 0 Å². The first-order valence-electron chi connectivity index (χ1n) is 6.60. The Hall–Kier alpha value is -1.72. The van der Waals surface area contributed by atoms with E-state index >= 15 is 0 Å². The molecule has 0 aliphatic rings. The third-order valence-electron chi connectivity index (χ3n) is 3.06. The van der Waals surface area contributed by atoms with E-state index in [-0.39, 0.29) is 11.6 Å². The van der Waals surface area contributed by atoms with Gasteiger partial charge in [-0.15, -0.1) is 0 Å². The molecule has 0 radical (unpaired) electrons. The van der Waals surface area contributed by atoms with E-state index in [0.717, 1.165) is 11.1 Å². The molecule has 0 saturated carbocycles. The van der Waals surface area contributed by atoms with Gasteiger partial charge in [0.05, 0.1) is 0 Å². The Morgan fingerprint density at radius 1 is 1.09 bits per heavy atom. The maximum Gasteiger partial charge on any atom is 0.387 e. The van der Waals surface area contributed by atoms with E-state index in [0.29, 0.717) is 18.1 Å². The van der Waals surface area contributed by atoms with Gasteiger partial charge in [-0.25, -0.2) is 4.39 Å². The lowest BCUT2D eigenvalue weighted by Crippen LogP contribution is -2.17. The van der Waals surface area contributed by atoms with Crippen LogP contribution in [-0.2, 0) is 13.1 Å². The van der Waals surface area contributed by atoms with Gasteiger partial charge in [0, 0.05) is 18.1 Å². The molecule has 0 spiro atoms. The van der Waals surface area contributed by atoms with Crippen LogP contribution >= 0.6 is 11.6 Å². The van der Waals surface area contributed by atoms with Crippen LogP contribution in [0.2, 0.25) is 5.02 Å². The van der Waals surface area contributed by atoms with Crippen LogP contribution in [0.4, 0.5) is 13.2 Å². The molecular formula is C16H15ClF3NO. The second-order valence-electron chi connectivity index (χ2n) is 4.93. The zero-order chi connectivity index (χ0) is 16.1. The Kier molecular flexibility index (Phi) is 5.69. The minimum absolute atomic E-state index is 0.128. The van der Waals surface area contributed by atoms with Crippen molar-refractivity contribution in [2.45, 2.75) is 19.7 Å². The normalized spacial score (nSPS) is 11.2. The van der Waals surface area contributed by atoms with Gasteiger partial charge in [-0.1, -0.05) is 29.8 Å². The van der Waals surface area contributed by atoms with Crippen molar-refractivity contribution in [3.8, 4) is 5.75 Å². The Morgan fingerprint density at radius 2 is 1.77 bits per heavy atom.